The third-order valence-electron chi connectivity index (χ3n) is 7.00. The summed E-state index contributed by atoms with van der Waals surface area (Å²) in [5.74, 6) is 0. The van der Waals surface area contributed by atoms with Crippen molar-refractivity contribution in [2.45, 2.75) is 14.7 Å². The van der Waals surface area contributed by atoms with Crippen LogP contribution in [0.25, 0.3) is 33.1 Å². The van der Waals surface area contributed by atoms with E-state index in [4.69, 9.17) is 4.42 Å². The van der Waals surface area contributed by atoms with E-state index in [1.165, 1.54) is 42.6 Å². The third-order valence-corrected chi connectivity index (χ3v) is 9.75. The van der Waals surface area contributed by atoms with Gasteiger partial charge < -0.3 is 9.32 Å². The number of nitrogens with zero attached hydrogens (tertiary/aromatic N) is 1. The van der Waals surface area contributed by atoms with Gasteiger partial charge in [-0.2, -0.15) is 0 Å². The second kappa shape index (κ2) is 8.47. The van der Waals surface area contributed by atoms with Crippen molar-refractivity contribution in [1.82, 2.24) is 0 Å². The van der Waals surface area contributed by atoms with E-state index in [1.807, 2.05) is 11.8 Å². The highest BCUT2D eigenvalue weighted by atomic mass is 32.3. The fourth-order valence-electron chi connectivity index (χ4n) is 5.26. The van der Waals surface area contributed by atoms with Crippen LogP contribution in [-0.4, -0.2) is 18.8 Å². The predicted molar refractivity (Wildman–Crippen MR) is 162 cm³/mol. The third kappa shape index (κ3) is 3.66. The maximum absolute atomic E-state index is 6.79. The van der Waals surface area contributed by atoms with E-state index in [0.29, 0.717) is 0 Å². The zero-order chi connectivity index (χ0) is 25.1. The summed E-state index contributed by atoms with van der Waals surface area (Å²) in [6, 6.07) is 39.2. The van der Waals surface area contributed by atoms with Gasteiger partial charge in [-0.15, -0.1) is 0 Å². The van der Waals surface area contributed by atoms with Crippen molar-refractivity contribution in [2.75, 3.05) is 23.7 Å². The van der Waals surface area contributed by atoms with Gasteiger partial charge in [-0.25, -0.2) is 10.0 Å². The summed E-state index contributed by atoms with van der Waals surface area (Å²) in [6.45, 7) is 0. The SMILES string of the molecule is CS(C)(C)c1cccc2c1oc1c(N3c4ccccc4Sc4cc(-c5ccccc5)ccc43)cccc12. The van der Waals surface area contributed by atoms with Gasteiger partial charge in [-0.05, 0) is 66.3 Å². The highest BCUT2D eigenvalue weighted by Crippen LogP contribution is 2.55. The molecule has 0 N–H and O–H groups in total. The Kier molecular flexibility index (Phi) is 5.17. The van der Waals surface area contributed by atoms with Crippen molar-refractivity contribution >= 4 is 60.8 Å². The first kappa shape index (κ1) is 22.6. The van der Waals surface area contributed by atoms with Crippen LogP contribution in [0.4, 0.5) is 17.1 Å². The molecular formula is C33H27NOS2. The van der Waals surface area contributed by atoms with Crippen LogP contribution in [0.5, 0.6) is 0 Å². The van der Waals surface area contributed by atoms with Gasteiger partial charge in [0.1, 0.15) is 5.58 Å². The van der Waals surface area contributed by atoms with Crippen molar-refractivity contribution in [1.29, 1.82) is 0 Å². The normalized spacial score (nSPS) is 13.5. The molecule has 0 amide bonds. The summed E-state index contributed by atoms with van der Waals surface area (Å²) in [4.78, 5) is 6.18. The van der Waals surface area contributed by atoms with Crippen LogP contribution >= 0.6 is 21.8 Å². The summed E-state index contributed by atoms with van der Waals surface area (Å²) in [6.07, 6.45) is 6.98. The molecule has 0 spiro atoms. The molecular weight excluding hydrogens is 491 g/mol. The number of fused-ring (bicyclic) bond motifs is 5. The molecule has 0 fully saturated rings. The van der Waals surface area contributed by atoms with Crippen molar-refractivity contribution in [3.8, 4) is 11.1 Å². The molecule has 1 aromatic heterocycles. The molecule has 6 aromatic rings. The van der Waals surface area contributed by atoms with Gasteiger partial charge in [0.15, 0.2) is 5.58 Å². The molecule has 0 saturated carbocycles. The van der Waals surface area contributed by atoms with E-state index >= 15 is 0 Å². The molecule has 7 rings (SSSR count). The Bertz CT molecular complexity index is 1800. The number of hydrogen-bond donors (Lipinski definition) is 0. The number of para-hydroxylation sites is 3. The van der Waals surface area contributed by atoms with Gasteiger partial charge in [0.25, 0.3) is 0 Å². The van der Waals surface area contributed by atoms with Crippen LogP contribution in [0.15, 0.2) is 128 Å². The van der Waals surface area contributed by atoms with Crippen LogP contribution in [0.2, 0.25) is 0 Å². The summed E-state index contributed by atoms with van der Waals surface area (Å²) in [5.41, 5.74) is 7.85. The standard InChI is InChI=1S/C33H27NOS2/c1-37(2,3)31-18-10-14-25-24-13-9-16-28(32(24)35-33(25)31)34-26-15-7-8-17-29(26)36-30-21-23(19-20-27(30)34)22-11-5-4-6-12-22/h4-21H,1-3H3. The molecule has 0 aliphatic carbocycles. The number of hydrogen-bond acceptors (Lipinski definition) is 3. The van der Waals surface area contributed by atoms with E-state index < -0.39 is 10.0 Å². The number of furan rings is 1. The highest BCUT2D eigenvalue weighted by Gasteiger charge is 2.28. The Labute approximate surface area is 223 Å². The molecule has 0 unspecified atom stereocenters. The fraction of sp³-hybridized carbons (Fsp3) is 0.0909. The average molecular weight is 518 g/mol. The van der Waals surface area contributed by atoms with Crippen LogP contribution in [-0.2, 0) is 0 Å². The fourth-order valence-corrected chi connectivity index (χ4v) is 7.56. The molecule has 1 aliphatic heterocycles. The molecule has 0 bridgehead atoms. The van der Waals surface area contributed by atoms with E-state index in [9.17, 15) is 0 Å². The largest absolute Gasteiger partial charge is 0.453 e. The summed E-state index contributed by atoms with van der Waals surface area (Å²) in [5, 5.41) is 2.35. The number of anilines is 3. The van der Waals surface area contributed by atoms with E-state index in [-0.39, 0.29) is 0 Å². The lowest BCUT2D eigenvalue weighted by molar-refractivity contribution is 0.660. The smallest absolute Gasteiger partial charge is 0.159 e. The van der Waals surface area contributed by atoms with Gasteiger partial charge in [-0.1, -0.05) is 84.6 Å². The van der Waals surface area contributed by atoms with Crippen LogP contribution < -0.4 is 4.90 Å². The Balaban J connectivity index is 1.48. The molecule has 182 valence electrons. The summed E-state index contributed by atoms with van der Waals surface area (Å²) >= 11 is 1.84. The monoisotopic (exact) mass is 517 g/mol. The summed E-state index contributed by atoms with van der Waals surface area (Å²) < 4.78 is 6.79. The molecule has 0 atom stereocenters. The minimum absolute atomic E-state index is 0.938. The van der Waals surface area contributed by atoms with Gasteiger partial charge in [0, 0.05) is 25.5 Å². The second-order valence-electron chi connectivity index (χ2n) is 10.2. The molecule has 0 saturated heterocycles. The lowest BCUT2D eigenvalue weighted by atomic mass is 10.0. The predicted octanol–water partition coefficient (Wildman–Crippen LogP) is 10.2. The molecule has 37 heavy (non-hydrogen) atoms. The Morgan fingerprint density at radius 2 is 1.24 bits per heavy atom. The van der Waals surface area contributed by atoms with Crippen molar-refractivity contribution < 1.29 is 4.42 Å². The van der Waals surface area contributed by atoms with Gasteiger partial charge >= 0.3 is 0 Å². The Morgan fingerprint density at radius 3 is 2.05 bits per heavy atom. The van der Waals surface area contributed by atoms with E-state index in [0.717, 1.165) is 22.2 Å². The van der Waals surface area contributed by atoms with Gasteiger partial charge in [0.2, 0.25) is 0 Å². The van der Waals surface area contributed by atoms with Gasteiger partial charge in [-0.3, -0.25) is 0 Å². The number of benzene rings is 5. The zero-order valence-electron chi connectivity index (χ0n) is 21.1. The first-order valence-electron chi connectivity index (χ1n) is 12.4. The van der Waals surface area contributed by atoms with E-state index in [1.54, 1.807) is 0 Å². The van der Waals surface area contributed by atoms with Crippen molar-refractivity contribution in [2.24, 2.45) is 0 Å². The summed E-state index contributed by atoms with van der Waals surface area (Å²) in [7, 11) is -0.954. The lowest BCUT2D eigenvalue weighted by Gasteiger charge is -2.33. The van der Waals surface area contributed by atoms with Gasteiger partial charge in [0.05, 0.1) is 17.1 Å². The maximum Gasteiger partial charge on any atom is 0.159 e. The van der Waals surface area contributed by atoms with E-state index in [2.05, 4.69) is 133 Å². The maximum atomic E-state index is 6.79. The van der Waals surface area contributed by atoms with Crippen molar-refractivity contribution in [3.63, 3.8) is 0 Å². The van der Waals surface area contributed by atoms with Crippen LogP contribution in [0.3, 0.4) is 0 Å². The Morgan fingerprint density at radius 1 is 0.568 bits per heavy atom. The zero-order valence-corrected chi connectivity index (χ0v) is 22.7. The molecule has 5 aromatic carbocycles. The van der Waals surface area contributed by atoms with Crippen LogP contribution in [0.1, 0.15) is 0 Å². The molecule has 4 heteroatoms. The molecule has 2 nitrogen and oxygen atoms in total. The van der Waals surface area contributed by atoms with Crippen molar-refractivity contribution in [3.05, 3.63) is 109 Å². The number of rotatable bonds is 3. The second-order valence-corrected chi connectivity index (χ2v) is 15.4. The minimum atomic E-state index is -0.954. The molecule has 1 aliphatic rings. The first-order chi connectivity index (χ1) is 18.0. The first-order valence-corrected chi connectivity index (χ1v) is 16.1. The minimum Gasteiger partial charge on any atom is -0.453 e. The molecule has 0 radical (unpaired) electrons. The lowest BCUT2D eigenvalue weighted by Crippen LogP contribution is -2.15. The Hall–Kier alpha value is -3.60. The average Bonchev–Trinajstić information content (AvgIpc) is 3.30. The molecule has 2 heterocycles. The topological polar surface area (TPSA) is 16.4 Å². The highest BCUT2D eigenvalue weighted by molar-refractivity contribution is 8.32. The quantitative estimate of drug-likeness (QED) is 0.232. The van der Waals surface area contributed by atoms with Crippen LogP contribution in [0, 0.1) is 0 Å².